The molecule has 0 aliphatic carbocycles. The number of H-pyrrole nitrogens is 1. The highest BCUT2D eigenvalue weighted by atomic mass is 16.3. The molecule has 2 heterocycles. The van der Waals surface area contributed by atoms with Gasteiger partial charge >= 0.3 is 0 Å². The highest BCUT2D eigenvalue weighted by molar-refractivity contribution is 6.00. The molecule has 23 heavy (non-hydrogen) atoms. The molecule has 0 saturated heterocycles. The second kappa shape index (κ2) is 5.02. The van der Waals surface area contributed by atoms with Crippen molar-refractivity contribution in [1.29, 1.82) is 0 Å². The minimum absolute atomic E-state index is 0.152. The fourth-order valence-corrected chi connectivity index (χ4v) is 2.91. The van der Waals surface area contributed by atoms with E-state index in [0.29, 0.717) is 0 Å². The molecule has 0 bridgehead atoms. The minimum Gasteiger partial charge on any atom is -0.494 e. The molecular formula is C19H17N3O. The number of hydrogen-bond acceptors (Lipinski definition) is 3. The van der Waals surface area contributed by atoms with Gasteiger partial charge in [-0.2, -0.15) is 0 Å². The fraction of sp³-hybridized carbons (Fsp3) is 0.105. The summed E-state index contributed by atoms with van der Waals surface area (Å²) in [5.41, 5.74) is 4.41. The molecule has 0 unspecified atom stereocenters. The predicted molar refractivity (Wildman–Crippen MR) is 95.0 cm³/mol. The first-order valence-corrected chi connectivity index (χ1v) is 7.51. The van der Waals surface area contributed by atoms with Gasteiger partial charge in [-0.15, -0.1) is 0 Å². The first kappa shape index (κ1) is 13.6. The molecule has 0 atom stereocenters. The van der Waals surface area contributed by atoms with Crippen LogP contribution in [0.25, 0.3) is 33.1 Å². The number of aromatic nitrogens is 2. The Hall–Kier alpha value is -3.01. The monoisotopic (exact) mass is 303 g/mol. The molecule has 4 rings (SSSR count). The topological polar surface area (TPSA) is 52.2 Å². The molecule has 0 amide bonds. The maximum Gasteiger partial charge on any atom is 0.199 e. The van der Waals surface area contributed by atoms with Crippen LogP contribution in [0.2, 0.25) is 0 Å². The smallest absolute Gasteiger partial charge is 0.199 e. The molecule has 2 N–H and O–H groups in total. The van der Waals surface area contributed by atoms with Crippen LogP contribution < -0.4 is 4.90 Å². The van der Waals surface area contributed by atoms with Gasteiger partial charge in [0.05, 0.1) is 16.8 Å². The third-order valence-electron chi connectivity index (χ3n) is 4.13. The van der Waals surface area contributed by atoms with Gasteiger partial charge in [0.15, 0.2) is 5.88 Å². The van der Waals surface area contributed by atoms with Crippen molar-refractivity contribution in [3.8, 4) is 17.1 Å². The summed E-state index contributed by atoms with van der Waals surface area (Å²) in [6.45, 7) is 0. The van der Waals surface area contributed by atoms with Gasteiger partial charge in [0.1, 0.15) is 0 Å². The van der Waals surface area contributed by atoms with E-state index in [4.69, 9.17) is 4.98 Å². The minimum atomic E-state index is 0.152. The molecule has 2 aromatic heterocycles. The van der Waals surface area contributed by atoms with Crippen LogP contribution in [0.3, 0.4) is 0 Å². The summed E-state index contributed by atoms with van der Waals surface area (Å²) in [5.74, 6) is 0.152. The number of nitrogens with one attached hydrogen (secondary N) is 1. The third kappa shape index (κ3) is 2.19. The van der Waals surface area contributed by atoms with Crippen LogP contribution in [-0.4, -0.2) is 29.2 Å². The van der Waals surface area contributed by atoms with Crippen molar-refractivity contribution in [3.63, 3.8) is 0 Å². The van der Waals surface area contributed by atoms with Gasteiger partial charge in [0.25, 0.3) is 0 Å². The molecule has 4 nitrogen and oxygen atoms in total. The first-order chi connectivity index (χ1) is 11.1. The second-order valence-electron chi connectivity index (χ2n) is 5.86. The molecule has 2 aromatic carbocycles. The van der Waals surface area contributed by atoms with Crippen molar-refractivity contribution >= 4 is 27.5 Å². The number of aromatic amines is 1. The van der Waals surface area contributed by atoms with Crippen molar-refractivity contribution < 1.29 is 5.11 Å². The Labute approximate surface area is 134 Å². The van der Waals surface area contributed by atoms with Crippen LogP contribution in [-0.2, 0) is 0 Å². The average molecular weight is 303 g/mol. The van der Waals surface area contributed by atoms with Gasteiger partial charge in [-0.05, 0) is 30.3 Å². The van der Waals surface area contributed by atoms with Crippen molar-refractivity contribution in [2.45, 2.75) is 0 Å². The lowest BCUT2D eigenvalue weighted by Crippen LogP contribution is -2.07. The van der Waals surface area contributed by atoms with Gasteiger partial charge < -0.3 is 15.0 Å². The quantitative estimate of drug-likeness (QED) is 0.585. The number of rotatable bonds is 2. The normalized spacial score (nSPS) is 11.2. The molecule has 0 saturated carbocycles. The highest BCUT2D eigenvalue weighted by Gasteiger charge is 2.15. The molecule has 114 valence electrons. The number of para-hydroxylation sites is 1. The van der Waals surface area contributed by atoms with E-state index in [1.807, 2.05) is 67.5 Å². The molecule has 4 aromatic rings. The summed E-state index contributed by atoms with van der Waals surface area (Å²) in [7, 11) is 4.00. The summed E-state index contributed by atoms with van der Waals surface area (Å²) in [4.78, 5) is 9.79. The standard InChI is InChI=1S/C19H17N3O/c1-22(2)13-8-10-16-14(11-13)18(19(23)21-16)17-9-7-12-5-3-4-6-15(12)20-17/h3-11,21,23H,1-2H3. The van der Waals surface area contributed by atoms with Gasteiger partial charge in [0.2, 0.25) is 0 Å². The number of hydrogen-bond donors (Lipinski definition) is 2. The lowest BCUT2D eigenvalue weighted by molar-refractivity contribution is 0.460. The van der Waals surface area contributed by atoms with Crippen LogP contribution in [0.5, 0.6) is 5.88 Å². The van der Waals surface area contributed by atoms with Gasteiger partial charge in [-0.1, -0.05) is 24.3 Å². The molecule has 0 aliphatic rings. The maximum atomic E-state index is 10.4. The van der Waals surface area contributed by atoms with E-state index in [2.05, 4.69) is 11.1 Å². The molecule has 4 heteroatoms. The molecule has 0 spiro atoms. The number of nitrogens with zero attached hydrogens (tertiary/aromatic N) is 2. The Bertz CT molecular complexity index is 1020. The Morgan fingerprint density at radius 3 is 2.65 bits per heavy atom. The Balaban J connectivity index is 1.98. The van der Waals surface area contributed by atoms with Gasteiger partial charge in [-0.3, -0.25) is 0 Å². The van der Waals surface area contributed by atoms with E-state index in [-0.39, 0.29) is 5.88 Å². The Kier molecular flexibility index (Phi) is 2.98. The Morgan fingerprint density at radius 1 is 1.00 bits per heavy atom. The van der Waals surface area contributed by atoms with Crippen molar-refractivity contribution in [2.24, 2.45) is 0 Å². The van der Waals surface area contributed by atoms with E-state index in [1.165, 1.54) is 0 Å². The van der Waals surface area contributed by atoms with E-state index in [9.17, 15) is 5.11 Å². The SMILES string of the molecule is CN(C)c1ccc2[nH]c(O)c(-c3ccc4ccccc4n3)c2c1. The predicted octanol–water partition coefficient (Wildman–Crippen LogP) is 4.15. The largest absolute Gasteiger partial charge is 0.494 e. The summed E-state index contributed by atoms with van der Waals surface area (Å²) >= 11 is 0. The molecule has 0 radical (unpaired) electrons. The van der Waals surface area contributed by atoms with Crippen LogP contribution >= 0.6 is 0 Å². The lowest BCUT2D eigenvalue weighted by atomic mass is 10.1. The number of benzene rings is 2. The lowest BCUT2D eigenvalue weighted by Gasteiger charge is -2.12. The molecular weight excluding hydrogens is 286 g/mol. The zero-order valence-corrected chi connectivity index (χ0v) is 13.0. The van der Waals surface area contributed by atoms with Crippen molar-refractivity contribution in [3.05, 3.63) is 54.6 Å². The van der Waals surface area contributed by atoms with Crippen LogP contribution in [0.4, 0.5) is 5.69 Å². The molecule has 0 fully saturated rings. The van der Waals surface area contributed by atoms with Crippen molar-refractivity contribution in [1.82, 2.24) is 9.97 Å². The summed E-state index contributed by atoms with van der Waals surface area (Å²) in [6, 6.07) is 18.0. The number of pyridine rings is 1. The van der Waals surface area contributed by atoms with E-state index < -0.39 is 0 Å². The van der Waals surface area contributed by atoms with Gasteiger partial charge in [0, 0.05) is 36.1 Å². The number of aromatic hydroxyl groups is 1. The van der Waals surface area contributed by atoms with E-state index in [1.54, 1.807) is 0 Å². The van der Waals surface area contributed by atoms with Crippen molar-refractivity contribution in [2.75, 3.05) is 19.0 Å². The van der Waals surface area contributed by atoms with Crippen LogP contribution in [0.15, 0.2) is 54.6 Å². The highest BCUT2D eigenvalue weighted by Crippen LogP contribution is 2.37. The zero-order chi connectivity index (χ0) is 16.0. The zero-order valence-electron chi connectivity index (χ0n) is 13.0. The van der Waals surface area contributed by atoms with Crippen LogP contribution in [0.1, 0.15) is 0 Å². The van der Waals surface area contributed by atoms with E-state index >= 15 is 0 Å². The third-order valence-corrected chi connectivity index (χ3v) is 4.13. The molecule has 0 aliphatic heterocycles. The summed E-state index contributed by atoms with van der Waals surface area (Å²) in [6.07, 6.45) is 0. The fourth-order valence-electron chi connectivity index (χ4n) is 2.91. The average Bonchev–Trinajstić information content (AvgIpc) is 2.89. The van der Waals surface area contributed by atoms with E-state index in [0.717, 1.165) is 38.8 Å². The maximum absolute atomic E-state index is 10.4. The van der Waals surface area contributed by atoms with Gasteiger partial charge in [-0.25, -0.2) is 4.98 Å². The number of anilines is 1. The Morgan fingerprint density at radius 2 is 1.83 bits per heavy atom. The summed E-state index contributed by atoms with van der Waals surface area (Å²) in [5, 5.41) is 12.4. The number of fused-ring (bicyclic) bond motifs is 2. The summed E-state index contributed by atoms with van der Waals surface area (Å²) < 4.78 is 0. The van der Waals surface area contributed by atoms with Crippen LogP contribution in [0, 0.1) is 0 Å². The first-order valence-electron chi connectivity index (χ1n) is 7.51. The second-order valence-corrected chi connectivity index (χ2v) is 5.86.